The Morgan fingerprint density at radius 1 is 1.50 bits per heavy atom. The molecule has 7 heteroatoms. The third-order valence-corrected chi connectivity index (χ3v) is 2.30. The number of aromatic nitrogens is 4. The number of hydrogen-bond donors (Lipinski definition) is 1. The van der Waals surface area contributed by atoms with Gasteiger partial charge in [-0.1, -0.05) is 5.21 Å². The number of hydrogen-bond acceptors (Lipinski definition) is 6. The quantitative estimate of drug-likeness (QED) is 0.778. The lowest BCUT2D eigenvalue weighted by Gasteiger charge is -2.06. The molecule has 7 nitrogen and oxygen atoms in total. The smallest absolute Gasteiger partial charge is 0.338 e. The maximum absolute atomic E-state index is 11.3. The van der Waals surface area contributed by atoms with Crippen LogP contribution in [-0.4, -0.2) is 39.6 Å². The fourth-order valence-corrected chi connectivity index (χ4v) is 1.42. The molecule has 0 fully saturated rings. The molecular formula is C11H13N5O2. The molecular weight excluding hydrogens is 234 g/mol. The number of pyridine rings is 1. The molecule has 0 bridgehead atoms. The molecule has 0 aliphatic rings. The molecule has 2 heterocycles. The SMILES string of the molecule is COC(=O)c1ccnc(NCCn2ccnn2)c1. The van der Waals surface area contributed by atoms with E-state index in [9.17, 15) is 4.79 Å². The molecule has 0 amide bonds. The fraction of sp³-hybridized carbons (Fsp3) is 0.273. The van der Waals surface area contributed by atoms with E-state index >= 15 is 0 Å². The number of carbonyl (C=O) groups excluding carboxylic acids is 1. The summed E-state index contributed by atoms with van der Waals surface area (Å²) in [5.74, 6) is 0.245. The number of nitrogens with one attached hydrogen (secondary N) is 1. The van der Waals surface area contributed by atoms with Gasteiger partial charge >= 0.3 is 5.97 Å². The first-order valence-corrected chi connectivity index (χ1v) is 5.42. The van der Waals surface area contributed by atoms with Crippen molar-refractivity contribution >= 4 is 11.8 Å². The van der Waals surface area contributed by atoms with E-state index < -0.39 is 0 Å². The third kappa shape index (κ3) is 3.03. The molecule has 0 spiro atoms. The van der Waals surface area contributed by atoms with E-state index in [1.54, 1.807) is 35.4 Å². The van der Waals surface area contributed by atoms with Crippen molar-refractivity contribution in [1.82, 2.24) is 20.0 Å². The molecule has 0 saturated carbocycles. The molecule has 0 radical (unpaired) electrons. The van der Waals surface area contributed by atoms with Crippen molar-refractivity contribution in [3.63, 3.8) is 0 Å². The number of nitrogens with zero attached hydrogens (tertiary/aromatic N) is 4. The van der Waals surface area contributed by atoms with Gasteiger partial charge in [-0.05, 0) is 12.1 Å². The third-order valence-electron chi connectivity index (χ3n) is 2.30. The minimum Gasteiger partial charge on any atom is -0.465 e. The van der Waals surface area contributed by atoms with Crippen LogP contribution in [0.3, 0.4) is 0 Å². The molecule has 18 heavy (non-hydrogen) atoms. The molecule has 0 aliphatic carbocycles. The average Bonchev–Trinajstić information content (AvgIpc) is 2.91. The van der Waals surface area contributed by atoms with Gasteiger partial charge in [-0.2, -0.15) is 0 Å². The predicted octanol–water partition coefficient (Wildman–Crippen LogP) is 0.572. The number of carbonyl (C=O) groups is 1. The van der Waals surface area contributed by atoms with Crippen LogP contribution in [0.25, 0.3) is 0 Å². The number of anilines is 1. The number of ether oxygens (including phenoxy) is 1. The Kier molecular flexibility index (Phi) is 3.85. The summed E-state index contributed by atoms with van der Waals surface area (Å²) in [5.41, 5.74) is 0.468. The molecule has 0 saturated heterocycles. The van der Waals surface area contributed by atoms with Crippen molar-refractivity contribution in [2.75, 3.05) is 19.0 Å². The molecule has 0 aliphatic heterocycles. The predicted molar refractivity (Wildman–Crippen MR) is 64.1 cm³/mol. The van der Waals surface area contributed by atoms with Gasteiger partial charge in [0, 0.05) is 18.9 Å². The average molecular weight is 247 g/mol. The van der Waals surface area contributed by atoms with Crippen molar-refractivity contribution in [3.8, 4) is 0 Å². The van der Waals surface area contributed by atoms with E-state index in [4.69, 9.17) is 0 Å². The second-order valence-corrected chi connectivity index (χ2v) is 3.51. The maximum atomic E-state index is 11.3. The highest BCUT2D eigenvalue weighted by molar-refractivity contribution is 5.89. The summed E-state index contributed by atoms with van der Waals surface area (Å²) in [6, 6.07) is 3.25. The maximum Gasteiger partial charge on any atom is 0.338 e. The summed E-state index contributed by atoms with van der Waals surface area (Å²) in [5, 5.41) is 10.6. The highest BCUT2D eigenvalue weighted by Gasteiger charge is 2.05. The summed E-state index contributed by atoms with van der Waals surface area (Å²) >= 11 is 0. The summed E-state index contributed by atoms with van der Waals surface area (Å²) in [6.45, 7) is 1.31. The highest BCUT2D eigenvalue weighted by Crippen LogP contribution is 2.07. The second kappa shape index (κ2) is 5.76. The zero-order chi connectivity index (χ0) is 12.8. The summed E-state index contributed by atoms with van der Waals surface area (Å²) in [6.07, 6.45) is 4.96. The van der Waals surface area contributed by atoms with Gasteiger partial charge in [0.1, 0.15) is 5.82 Å². The van der Waals surface area contributed by atoms with Gasteiger partial charge in [-0.25, -0.2) is 9.78 Å². The van der Waals surface area contributed by atoms with Crippen LogP contribution in [0.15, 0.2) is 30.7 Å². The first-order valence-electron chi connectivity index (χ1n) is 5.42. The van der Waals surface area contributed by atoms with Gasteiger partial charge in [-0.15, -0.1) is 5.10 Å². The molecule has 1 N–H and O–H groups in total. The molecule has 94 valence electrons. The van der Waals surface area contributed by atoms with E-state index in [1.165, 1.54) is 7.11 Å². The lowest BCUT2D eigenvalue weighted by Crippen LogP contribution is -2.12. The normalized spacial score (nSPS) is 10.1. The van der Waals surface area contributed by atoms with Crippen LogP contribution in [0.2, 0.25) is 0 Å². The minimum absolute atomic E-state index is 0.378. The van der Waals surface area contributed by atoms with Crippen molar-refractivity contribution < 1.29 is 9.53 Å². The van der Waals surface area contributed by atoms with E-state index in [-0.39, 0.29) is 5.97 Å². The second-order valence-electron chi connectivity index (χ2n) is 3.51. The Labute approximate surface area is 104 Å². The van der Waals surface area contributed by atoms with Crippen LogP contribution in [0, 0.1) is 0 Å². The van der Waals surface area contributed by atoms with Crippen molar-refractivity contribution in [2.24, 2.45) is 0 Å². The lowest BCUT2D eigenvalue weighted by atomic mass is 10.2. The molecule has 2 aromatic rings. The largest absolute Gasteiger partial charge is 0.465 e. The van der Waals surface area contributed by atoms with Crippen molar-refractivity contribution in [3.05, 3.63) is 36.3 Å². The number of methoxy groups -OCH3 is 1. The first-order chi connectivity index (χ1) is 8.79. The Morgan fingerprint density at radius 2 is 2.39 bits per heavy atom. The summed E-state index contributed by atoms with van der Waals surface area (Å²) in [7, 11) is 1.35. The Morgan fingerprint density at radius 3 is 3.11 bits per heavy atom. The van der Waals surface area contributed by atoms with Crippen LogP contribution in [0.4, 0.5) is 5.82 Å². The van der Waals surface area contributed by atoms with Gasteiger partial charge in [0.05, 0.1) is 25.4 Å². The summed E-state index contributed by atoms with van der Waals surface area (Å²) < 4.78 is 6.34. The van der Waals surface area contributed by atoms with Gasteiger partial charge in [0.2, 0.25) is 0 Å². The molecule has 0 atom stereocenters. The number of esters is 1. The summed E-state index contributed by atoms with van der Waals surface area (Å²) in [4.78, 5) is 15.4. The topological polar surface area (TPSA) is 81.9 Å². The Hall–Kier alpha value is -2.44. The van der Waals surface area contributed by atoms with E-state index in [0.29, 0.717) is 24.5 Å². The van der Waals surface area contributed by atoms with Gasteiger partial charge < -0.3 is 10.1 Å². The monoisotopic (exact) mass is 247 g/mol. The Bertz CT molecular complexity index is 512. The first kappa shape index (κ1) is 12.0. The zero-order valence-corrected chi connectivity index (χ0v) is 9.91. The number of rotatable bonds is 5. The standard InChI is InChI=1S/C11H13N5O2/c1-18-11(17)9-2-3-12-10(8-9)13-4-6-16-7-5-14-15-16/h2-3,5,7-8H,4,6H2,1H3,(H,12,13). The van der Waals surface area contributed by atoms with E-state index in [2.05, 4.69) is 25.3 Å². The van der Waals surface area contributed by atoms with E-state index in [0.717, 1.165) is 0 Å². The zero-order valence-electron chi connectivity index (χ0n) is 9.91. The highest BCUT2D eigenvalue weighted by atomic mass is 16.5. The Balaban J connectivity index is 1.91. The van der Waals surface area contributed by atoms with Crippen molar-refractivity contribution in [2.45, 2.75) is 6.54 Å². The fourth-order valence-electron chi connectivity index (χ4n) is 1.42. The molecule has 2 aromatic heterocycles. The minimum atomic E-state index is -0.378. The van der Waals surface area contributed by atoms with Gasteiger partial charge in [0.25, 0.3) is 0 Å². The van der Waals surface area contributed by atoms with Crippen molar-refractivity contribution in [1.29, 1.82) is 0 Å². The molecule has 0 unspecified atom stereocenters. The van der Waals surface area contributed by atoms with Crippen LogP contribution >= 0.6 is 0 Å². The lowest BCUT2D eigenvalue weighted by molar-refractivity contribution is 0.0600. The van der Waals surface area contributed by atoms with Crippen LogP contribution in [0.1, 0.15) is 10.4 Å². The van der Waals surface area contributed by atoms with Gasteiger partial charge in [-0.3, -0.25) is 4.68 Å². The van der Waals surface area contributed by atoms with E-state index in [1.807, 2.05) is 0 Å². The van der Waals surface area contributed by atoms with Crippen LogP contribution < -0.4 is 5.32 Å². The molecule has 0 aromatic carbocycles. The van der Waals surface area contributed by atoms with Gasteiger partial charge in [0.15, 0.2) is 0 Å². The molecule has 2 rings (SSSR count). The van der Waals surface area contributed by atoms with Crippen LogP contribution in [0.5, 0.6) is 0 Å². The van der Waals surface area contributed by atoms with Crippen LogP contribution in [-0.2, 0) is 11.3 Å².